The fraction of sp³-hybridized carbons (Fsp3) is 0.167. The van der Waals surface area contributed by atoms with Gasteiger partial charge in [-0.25, -0.2) is 4.98 Å². The van der Waals surface area contributed by atoms with E-state index in [1.807, 2.05) is 60.1 Å². The van der Waals surface area contributed by atoms with Crippen molar-refractivity contribution in [1.82, 2.24) is 9.38 Å². The molecule has 0 radical (unpaired) electrons. The predicted octanol–water partition coefficient (Wildman–Crippen LogP) is 3.41. The molecule has 0 fully saturated rings. The second-order valence-corrected chi connectivity index (χ2v) is 5.40. The van der Waals surface area contributed by atoms with E-state index in [0.717, 1.165) is 33.8 Å². The van der Waals surface area contributed by atoms with E-state index < -0.39 is 0 Å². The largest absolute Gasteiger partial charge is 0.489 e. The van der Waals surface area contributed by atoms with E-state index in [2.05, 4.69) is 11.6 Å². The number of ether oxygens (including phenoxy) is 1. The van der Waals surface area contributed by atoms with Crippen molar-refractivity contribution < 1.29 is 4.74 Å². The molecule has 1 aromatic carbocycles. The molecule has 0 aliphatic rings. The van der Waals surface area contributed by atoms with Gasteiger partial charge in [0, 0.05) is 24.5 Å². The zero-order valence-corrected chi connectivity index (χ0v) is 12.6. The van der Waals surface area contributed by atoms with Gasteiger partial charge in [0.05, 0.1) is 5.69 Å². The third-order valence-corrected chi connectivity index (χ3v) is 3.40. The highest BCUT2D eigenvalue weighted by molar-refractivity contribution is 5.63. The van der Waals surface area contributed by atoms with Gasteiger partial charge in [-0.05, 0) is 54.5 Å². The molecule has 0 spiro atoms. The van der Waals surface area contributed by atoms with Crippen LogP contribution in [0.5, 0.6) is 5.75 Å². The first kappa shape index (κ1) is 14.4. The van der Waals surface area contributed by atoms with Crippen LogP contribution in [-0.4, -0.2) is 16.0 Å². The molecule has 0 aliphatic heterocycles. The van der Waals surface area contributed by atoms with Gasteiger partial charge >= 0.3 is 0 Å². The number of nitrogens with two attached hydrogens (primary N) is 1. The molecule has 0 saturated heterocycles. The summed E-state index contributed by atoms with van der Waals surface area (Å²) in [5.74, 6) is 0.834. The predicted molar refractivity (Wildman–Crippen MR) is 88.8 cm³/mol. The van der Waals surface area contributed by atoms with Crippen LogP contribution in [0.1, 0.15) is 12.5 Å². The summed E-state index contributed by atoms with van der Waals surface area (Å²) in [4.78, 5) is 4.65. The molecule has 0 saturated carbocycles. The Morgan fingerprint density at radius 2 is 2.05 bits per heavy atom. The number of pyridine rings is 1. The summed E-state index contributed by atoms with van der Waals surface area (Å²) in [6.45, 7) is 6.83. The first-order chi connectivity index (χ1) is 10.7. The van der Waals surface area contributed by atoms with Crippen LogP contribution >= 0.6 is 0 Å². The van der Waals surface area contributed by atoms with Gasteiger partial charge in [-0.3, -0.25) is 0 Å². The lowest BCUT2D eigenvalue weighted by molar-refractivity contribution is 0.353. The summed E-state index contributed by atoms with van der Waals surface area (Å²) in [5.41, 5.74) is 10.6. The van der Waals surface area contributed by atoms with E-state index >= 15 is 0 Å². The molecule has 2 N–H and O–H groups in total. The standard InChI is InChI=1S/C18H19N3O/c1-13(2)12-22-16-5-3-15(4-6-16)17-11-21-8-7-14(10-19)9-18(21)20-17/h3-9,11H,1,10,12,19H2,2H3. The van der Waals surface area contributed by atoms with Crippen LogP contribution < -0.4 is 10.5 Å². The second-order valence-electron chi connectivity index (χ2n) is 5.40. The van der Waals surface area contributed by atoms with Crippen molar-refractivity contribution in [2.75, 3.05) is 6.61 Å². The smallest absolute Gasteiger partial charge is 0.137 e. The molecular weight excluding hydrogens is 274 g/mol. The molecular formula is C18H19N3O. The lowest BCUT2D eigenvalue weighted by Crippen LogP contribution is -1.97. The molecule has 0 unspecified atom stereocenters. The molecule has 3 rings (SSSR count). The number of nitrogens with zero attached hydrogens (tertiary/aromatic N) is 2. The van der Waals surface area contributed by atoms with Crippen molar-refractivity contribution in [2.24, 2.45) is 5.73 Å². The van der Waals surface area contributed by atoms with Gasteiger partial charge in [0.1, 0.15) is 18.0 Å². The normalized spacial score (nSPS) is 10.8. The summed E-state index contributed by atoms with van der Waals surface area (Å²) < 4.78 is 7.61. The molecule has 4 heteroatoms. The third-order valence-electron chi connectivity index (χ3n) is 3.40. The van der Waals surface area contributed by atoms with Crippen LogP contribution in [-0.2, 0) is 6.54 Å². The molecule has 3 aromatic rings. The minimum absolute atomic E-state index is 0.521. The summed E-state index contributed by atoms with van der Waals surface area (Å²) in [6.07, 6.45) is 4.00. The summed E-state index contributed by atoms with van der Waals surface area (Å²) in [5, 5.41) is 0. The average molecular weight is 293 g/mol. The highest BCUT2D eigenvalue weighted by atomic mass is 16.5. The van der Waals surface area contributed by atoms with E-state index in [1.165, 1.54) is 0 Å². The molecule has 0 aliphatic carbocycles. The Kier molecular flexibility index (Phi) is 3.94. The van der Waals surface area contributed by atoms with Crippen LogP contribution in [0.25, 0.3) is 16.9 Å². The number of hydrogen-bond acceptors (Lipinski definition) is 3. The maximum Gasteiger partial charge on any atom is 0.137 e. The summed E-state index contributed by atoms with van der Waals surface area (Å²) in [7, 11) is 0. The Morgan fingerprint density at radius 1 is 1.27 bits per heavy atom. The molecule has 2 aromatic heterocycles. The quantitative estimate of drug-likeness (QED) is 0.733. The molecule has 0 atom stereocenters. The van der Waals surface area contributed by atoms with Gasteiger partial charge in [-0.1, -0.05) is 6.58 Å². The van der Waals surface area contributed by atoms with Crippen LogP contribution in [0.15, 0.2) is 60.9 Å². The van der Waals surface area contributed by atoms with Gasteiger partial charge in [0.2, 0.25) is 0 Å². The maximum atomic E-state index is 5.67. The number of imidazole rings is 1. The summed E-state index contributed by atoms with van der Waals surface area (Å²) >= 11 is 0. The van der Waals surface area contributed by atoms with E-state index in [4.69, 9.17) is 10.5 Å². The lowest BCUT2D eigenvalue weighted by Gasteiger charge is -2.05. The minimum atomic E-state index is 0.521. The highest BCUT2D eigenvalue weighted by Gasteiger charge is 2.05. The lowest BCUT2D eigenvalue weighted by atomic mass is 10.1. The first-order valence-electron chi connectivity index (χ1n) is 7.21. The van der Waals surface area contributed by atoms with Gasteiger partial charge in [0.25, 0.3) is 0 Å². The molecule has 2 heterocycles. The van der Waals surface area contributed by atoms with Crippen molar-refractivity contribution in [2.45, 2.75) is 13.5 Å². The number of fused-ring (bicyclic) bond motifs is 1. The van der Waals surface area contributed by atoms with Crippen molar-refractivity contribution in [3.8, 4) is 17.0 Å². The topological polar surface area (TPSA) is 52.5 Å². The van der Waals surface area contributed by atoms with Crippen LogP contribution in [0.2, 0.25) is 0 Å². The first-order valence-corrected chi connectivity index (χ1v) is 7.21. The molecule has 0 bridgehead atoms. The van der Waals surface area contributed by atoms with Gasteiger partial charge in [0.15, 0.2) is 0 Å². The Labute approximate surface area is 129 Å². The van der Waals surface area contributed by atoms with E-state index in [1.54, 1.807) is 0 Å². The fourth-order valence-corrected chi connectivity index (χ4v) is 2.22. The maximum absolute atomic E-state index is 5.67. The monoisotopic (exact) mass is 293 g/mol. The number of aromatic nitrogens is 2. The zero-order valence-electron chi connectivity index (χ0n) is 12.6. The van der Waals surface area contributed by atoms with Gasteiger partial charge < -0.3 is 14.9 Å². The van der Waals surface area contributed by atoms with E-state index in [-0.39, 0.29) is 0 Å². The number of benzene rings is 1. The van der Waals surface area contributed by atoms with Crippen molar-refractivity contribution in [3.63, 3.8) is 0 Å². The van der Waals surface area contributed by atoms with E-state index in [9.17, 15) is 0 Å². The third kappa shape index (κ3) is 3.02. The molecule has 112 valence electrons. The highest BCUT2D eigenvalue weighted by Crippen LogP contribution is 2.22. The van der Waals surface area contributed by atoms with Crippen molar-refractivity contribution in [1.29, 1.82) is 0 Å². The van der Waals surface area contributed by atoms with Crippen molar-refractivity contribution >= 4 is 5.65 Å². The Bertz CT molecular complexity index is 803. The minimum Gasteiger partial charge on any atom is -0.489 e. The molecule has 4 nitrogen and oxygen atoms in total. The van der Waals surface area contributed by atoms with Crippen LogP contribution in [0.3, 0.4) is 0 Å². The van der Waals surface area contributed by atoms with Crippen LogP contribution in [0.4, 0.5) is 0 Å². The zero-order chi connectivity index (χ0) is 15.5. The summed E-state index contributed by atoms with van der Waals surface area (Å²) in [6, 6.07) is 11.9. The van der Waals surface area contributed by atoms with Gasteiger partial charge in [-0.2, -0.15) is 0 Å². The Hall–Kier alpha value is -2.59. The molecule has 0 amide bonds. The van der Waals surface area contributed by atoms with E-state index in [0.29, 0.717) is 13.2 Å². The Morgan fingerprint density at radius 3 is 2.73 bits per heavy atom. The Balaban J connectivity index is 1.85. The fourth-order valence-electron chi connectivity index (χ4n) is 2.22. The van der Waals surface area contributed by atoms with Gasteiger partial charge in [-0.15, -0.1) is 0 Å². The average Bonchev–Trinajstić information content (AvgIpc) is 2.96. The number of rotatable bonds is 5. The molecule has 22 heavy (non-hydrogen) atoms. The SMILES string of the molecule is C=C(C)COc1ccc(-c2cn3ccc(CN)cc3n2)cc1. The van der Waals surface area contributed by atoms with Crippen molar-refractivity contribution in [3.05, 3.63) is 66.5 Å². The van der Waals surface area contributed by atoms with Crippen LogP contribution in [0, 0.1) is 0 Å². The second kappa shape index (κ2) is 6.03. The number of hydrogen-bond donors (Lipinski definition) is 1.